The number of carbonyl (C=O) groups excluding carboxylic acids is 3. The molecular weight excluding hydrogens is 342 g/mol. The zero-order chi connectivity index (χ0) is 19.2. The molecule has 3 atom stereocenters. The average molecular weight is 371 g/mol. The molecule has 2 N–H and O–H groups in total. The van der Waals surface area contributed by atoms with E-state index in [0.717, 1.165) is 24.8 Å². The number of imide groups is 1. The number of benzene rings is 1. The summed E-state index contributed by atoms with van der Waals surface area (Å²) in [6, 6.07) is 9.06. The number of urea groups is 1. The molecule has 1 heterocycles. The smallest absolute Gasteiger partial charge is 0.324 e. The van der Waals surface area contributed by atoms with Gasteiger partial charge < -0.3 is 10.6 Å². The van der Waals surface area contributed by atoms with Gasteiger partial charge in [-0.15, -0.1) is 0 Å². The second-order valence-electron chi connectivity index (χ2n) is 7.70. The van der Waals surface area contributed by atoms with Gasteiger partial charge in [0.25, 0.3) is 5.91 Å². The predicted octanol–water partition coefficient (Wildman–Crippen LogP) is 2.62. The van der Waals surface area contributed by atoms with Crippen LogP contribution in [-0.2, 0) is 16.0 Å². The van der Waals surface area contributed by atoms with Crippen molar-refractivity contribution in [2.45, 2.75) is 64.0 Å². The molecule has 146 valence electrons. The highest BCUT2D eigenvalue weighted by Crippen LogP contribution is 2.24. The summed E-state index contributed by atoms with van der Waals surface area (Å²) in [7, 11) is 0. The van der Waals surface area contributed by atoms with Gasteiger partial charge in [-0.1, -0.05) is 50.1 Å². The van der Waals surface area contributed by atoms with Crippen LogP contribution in [0.5, 0.6) is 0 Å². The van der Waals surface area contributed by atoms with Crippen molar-refractivity contribution in [3.63, 3.8) is 0 Å². The standard InChI is InChI=1S/C21H29N3O3/c1-15-7-5-6-10-17(15)22-19(25)12-11-18-20(26)24(21(27)23-18)14-13-16-8-3-2-4-9-16/h2-4,8-9,15,17-18H,5-7,10-14H2,1H3,(H,22,25)(H,23,27)/t15-,17-,18+/m1/s1. The maximum atomic E-state index is 12.5. The number of nitrogens with zero attached hydrogens (tertiary/aromatic N) is 1. The summed E-state index contributed by atoms with van der Waals surface area (Å²) in [6.45, 7) is 2.53. The Balaban J connectivity index is 1.44. The van der Waals surface area contributed by atoms with Crippen LogP contribution in [0.4, 0.5) is 4.79 Å². The Morgan fingerprint density at radius 3 is 2.67 bits per heavy atom. The SMILES string of the molecule is C[C@@H]1CCCC[C@H]1NC(=O)CC[C@@H]1NC(=O)N(CCc2ccccc2)C1=O. The van der Waals surface area contributed by atoms with Crippen LogP contribution < -0.4 is 10.6 Å². The third kappa shape index (κ3) is 5.08. The molecule has 2 aliphatic rings. The summed E-state index contributed by atoms with van der Waals surface area (Å²) in [5.74, 6) is 0.247. The fourth-order valence-corrected chi connectivity index (χ4v) is 3.95. The molecule has 1 aliphatic carbocycles. The van der Waals surface area contributed by atoms with E-state index in [-0.39, 0.29) is 30.3 Å². The maximum Gasteiger partial charge on any atom is 0.324 e. The van der Waals surface area contributed by atoms with Crippen molar-refractivity contribution in [3.05, 3.63) is 35.9 Å². The van der Waals surface area contributed by atoms with Crippen molar-refractivity contribution >= 4 is 17.8 Å². The largest absolute Gasteiger partial charge is 0.353 e. The molecule has 0 unspecified atom stereocenters. The predicted molar refractivity (Wildman–Crippen MR) is 103 cm³/mol. The van der Waals surface area contributed by atoms with Crippen molar-refractivity contribution in [2.24, 2.45) is 5.92 Å². The molecular formula is C21H29N3O3. The lowest BCUT2D eigenvalue weighted by molar-refractivity contribution is -0.127. The number of nitrogens with one attached hydrogen (secondary N) is 2. The van der Waals surface area contributed by atoms with Crippen molar-refractivity contribution in [1.29, 1.82) is 0 Å². The van der Waals surface area contributed by atoms with Gasteiger partial charge in [-0.2, -0.15) is 0 Å². The maximum absolute atomic E-state index is 12.5. The summed E-state index contributed by atoms with van der Waals surface area (Å²) in [4.78, 5) is 38.1. The van der Waals surface area contributed by atoms with E-state index in [1.807, 2.05) is 30.3 Å². The number of hydrogen-bond acceptors (Lipinski definition) is 3. The van der Waals surface area contributed by atoms with E-state index in [1.165, 1.54) is 11.3 Å². The molecule has 1 aliphatic heterocycles. The first-order chi connectivity index (χ1) is 13.0. The van der Waals surface area contributed by atoms with Crippen LogP contribution >= 0.6 is 0 Å². The molecule has 1 saturated heterocycles. The van der Waals surface area contributed by atoms with Crippen LogP contribution in [-0.4, -0.2) is 41.4 Å². The number of amides is 4. The second-order valence-corrected chi connectivity index (χ2v) is 7.70. The topological polar surface area (TPSA) is 78.5 Å². The van der Waals surface area contributed by atoms with Crippen LogP contribution in [0.25, 0.3) is 0 Å². The highest BCUT2D eigenvalue weighted by Gasteiger charge is 2.37. The van der Waals surface area contributed by atoms with Gasteiger partial charge in [0.15, 0.2) is 0 Å². The molecule has 0 aromatic heterocycles. The van der Waals surface area contributed by atoms with E-state index in [9.17, 15) is 14.4 Å². The van der Waals surface area contributed by atoms with E-state index < -0.39 is 6.04 Å². The third-order valence-electron chi connectivity index (χ3n) is 5.69. The normalized spacial score (nSPS) is 25.4. The Morgan fingerprint density at radius 2 is 1.93 bits per heavy atom. The zero-order valence-corrected chi connectivity index (χ0v) is 15.9. The highest BCUT2D eigenvalue weighted by molar-refractivity contribution is 6.04. The Morgan fingerprint density at radius 1 is 1.19 bits per heavy atom. The molecule has 3 rings (SSSR count). The van der Waals surface area contributed by atoms with Crippen LogP contribution in [0.3, 0.4) is 0 Å². The van der Waals surface area contributed by atoms with Crippen LogP contribution in [0.15, 0.2) is 30.3 Å². The van der Waals surface area contributed by atoms with Crippen molar-refractivity contribution in [2.75, 3.05) is 6.54 Å². The first-order valence-corrected chi connectivity index (χ1v) is 10.00. The van der Waals surface area contributed by atoms with Crippen molar-refractivity contribution in [1.82, 2.24) is 15.5 Å². The van der Waals surface area contributed by atoms with Gasteiger partial charge >= 0.3 is 6.03 Å². The molecule has 6 nitrogen and oxygen atoms in total. The molecule has 0 spiro atoms. The second kappa shape index (κ2) is 9.02. The molecule has 2 fully saturated rings. The Bertz CT molecular complexity index is 677. The number of hydrogen-bond donors (Lipinski definition) is 2. The van der Waals surface area contributed by atoms with E-state index in [4.69, 9.17) is 0 Å². The van der Waals surface area contributed by atoms with Crippen LogP contribution in [0.1, 0.15) is 51.0 Å². The molecule has 1 aromatic carbocycles. The molecule has 6 heteroatoms. The number of rotatable bonds is 7. The van der Waals surface area contributed by atoms with E-state index in [2.05, 4.69) is 17.6 Å². The molecule has 27 heavy (non-hydrogen) atoms. The third-order valence-corrected chi connectivity index (χ3v) is 5.69. The van der Waals surface area contributed by atoms with Gasteiger partial charge in [-0.3, -0.25) is 14.5 Å². The lowest BCUT2D eigenvalue weighted by Gasteiger charge is -2.29. The lowest BCUT2D eigenvalue weighted by atomic mass is 9.86. The summed E-state index contributed by atoms with van der Waals surface area (Å²) >= 11 is 0. The highest BCUT2D eigenvalue weighted by atomic mass is 16.2. The quantitative estimate of drug-likeness (QED) is 0.723. The van der Waals surface area contributed by atoms with Gasteiger partial charge in [0.05, 0.1) is 0 Å². The van der Waals surface area contributed by atoms with Crippen LogP contribution in [0, 0.1) is 5.92 Å². The summed E-state index contributed by atoms with van der Waals surface area (Å²) in [6.07, 6.45) is 5.80. The zero-order valence-electron chi connectivity index (χ0n) is 15.9. The van der Waals surface area contributed by atoms with Gasteiger partial charge in [0, 0.05) is 19.0 Å². The Kier molecular flexibility index (Phi) is 6.48. The molecule has 4 amide bonds. The fraction of sp³-hybridized carbons (Fsp3) is 0.571. The molecule has 0 bridgehead atoms. The molecule has 1 saturated carbocycles. The van der Waals surface area contributed by atoms with Crippen molar-refractivity contribution < 1.29 is 14.4 Å². The average Bonchev–Trinajstić information content (AvgIpc) is 2.94. The summed E-state index contributed by atoms with van der Waals surface area (Å²) in [5, 5.41) is 5.82. The van der Waals surface area contributed by atoms with E-state index >= 15 is 0 Å². The molecule has 1 aromatic rings. The fourth-order valence-electron chi connectivity index (χ4n) is 3.95. The van der Waals surface area contributed by atoms with Gasteiger partial charge in [0.2, 0.25) is 5.91 Å². The molecule has 0 radical (unpaired) electrons. The summed E-state index contributed by atoms with van der Waals surface area (Å²) in [5.41, 5.74) is 1.09. The Labute approximate surface area is 160 Å². The Hall–Kier alpha value is -2.37. The van der Waals surface area contributed by atoms with E-state index in [0.29, 0.717) is 25.3 Å². The first-order valence-electron chi connectivity index (χ1n) is 10.00. The minimum Gasteiger partial charge on any atom is -0.353 e. The van der Waals surface area contributed by atoms with Gasteiger partial charge in [-0.05, 0) is 37.2 Å². The van der Waals surface area contributed by atoms with Gasteiger partial charge in [-0.25, -0.2) is 4.79 Å². The minimum atomic E-state index is -0.595. The minimum absolute atomic E-state index is 0.0291. The number of carbonyl (C=O) groups is 3. The van der Waals surface area contributed by atoms with Gasteiger partial charge in [0.1, 0.15) is 6.04 Å². The monoisotopic (exact) mass is 371 g/mol. The lowest BCUT2D eigenvalue weighted by Crippen LogP contribution is -2.41. The van der Waals surface area contributed by atoms with E-state index in [1.54, 1.807) is 0 Å². The van der Waals surface area contributed by atoms with Crippen LogP contribution in [0.2, 0.25) is 0 Å². The first kappa shape index (κ1) is 19.4. The summed E-state index contributed by atoms with van der Waals surface area (Å²) < 4.78 is 0. The van der Waals surface area contributed by atoms with Crippen molar-refractivity contribution in [3.8, 4) is 0 Å².